The zero-order chi connectivity index (χ0) is 26.1. The summed E-state index contributed by atoms with van der Waals surface area (Å²) in [6, 6.07) is 22.9. The molecule has 0 saturated heterocycles. The summed E-state index contributed by atoms with van der Waals surface area (Å²) in [6.07, 6.45) is 3.63. The molecule has 0 atom stereocenters. The van der Waals surface area contributed by atoms with Gasteiger partial charge in [-0.1, -0.05) is 50.2 Å². The highest BCUT2D eigenvalue weighted by Gasteiger charge is 2.28. The van der Waals surface area contributed by atoms with E-state index in [1.165, 1.54) is 23.1 Å². The summed E-state index contributed by atoms with van der Waals surface area (Å²) < 4.78 is 0. The van der Waals surface area contributed by atoms with Crippen LogP contribution in [0, 0.1) is 0 Å². The Balaban J connectivity index is 0.000000338. The molecule has 1 heterocycles. The molecule has 0 radical (unpaired) electrons. The molecule has 0 fully saturated rings. The van der Waals surface area contributed by atoms with Crippen molar-refractivity contribution in [2.45, 2.75) is 40.5 Å². The number of carbonyl (C=O) groups excluding carboxylic acids is 2. The Morgan fingerprint density at radius 1 is 0.944 bits per heavy atom. The summed E-state index contributed by atoms with van der Waals surface area (Å²) in [4.78, 5) is 23.9. The fraction of sp³-hybridized carbons (Fsp3) is 0.207. The van der Waals surface area contributed by atoms with Gasteiger partial charge < -0.3 is 16.4 Å². The van der Waals surface area contributed by atoms with Crippen molar-refractivity contribution in [3.05, 3.63) is 95.7 Å². The lowest BCUT2D eigenvalue weighted by atomic mass is 10.1. The Bertz CT molecular complexity index is 1280. The van der Waals surface area contributed by atoms with E-state index in [-0.39, 0.29) is 11.8 Å². The van der Waals surface area contributed by atoms with E-state index in [2.05, 4.69) is 41.7 Å². The number of para-hydroxylation sites is 2. The van der Waals surface area contributed by atoms with Crippen LogP contribution in [0.4, 0.5) is 22.7 Å². The monoisotopic (exact) mass is 483 g/mol. The van der Waals surface area contributed by atoms with E-state index in [1.54, 1.807) is 30.5 Å². The van der Waals surface area contributed by atoms with Crippen LogP contribution in [0.5, 0.6) is 0 Å². The van der Waals surface area contributed by atoms with Gasteiger partial charge in [-0.05, 0) is 67.3 Å². The predicted octanol–water partition coefficient (Wildman–Crippen LogP) is 5.76. The number of anilines is 4. The first-order chi connectivity index (χ1) is 17.3. The Labute approximate surface area is 212 Å². The summed E-state index contributed by atoms with van der Waals surface area (Å²) in [6.45, 7) is 7.45. The minimum Gasteiger partial charge on any atom is -0.399 e. The Morgan fingerprint density at radius 3 is 2.14 bits per heavy atom. The highest BCUT2D eigenvalue weighted by atomic mass is 16.2. The molecule has 4 N–H and O–H groups in total. The van der Waals surface area contributed by atoms with E-state index >= 15 is 0 Å². The number of carbonyl (C=O) groups is 2. The van der Waals surface area contributed by atoms with E-state index < -0.39 is 0 Å². The molecular weight excluding hydrogens is 450 g/mol. The number of nitrogens with two attached hydrogens (primary N) is 1. The molecule has 3 aromatic carbocycles. The van der Waals surface area contributed by atoms with Gasteiger partial charge >= 0.3 is 0 Å². The van der Waals surface area contributed by atoms with Crippen LogP contribution in [0.3, 0.4) is 0 Å². The van der Waals surface area contributed by atoms with Crippen molar-refractivity contribution in [3.63, 3.8) is 0 Å². The van der Waals surface area contributed by atoms with E-state index in [4.69, 9.17) is 5.73 Å². The molecule has 0 unspecified atom stereocenters. The van der Waals surface area contributed by atoms with Crippen molar-refractivity contribution in [1.29, 1.82) is 0 Å². The van der Waals surface area contributed by atoms with Gasteiger partial charge in [0.05, 0.1) is 17.0 Å². The molecule has 1 aliphatic heterocycles. The first-order valence-electron chi connectivity index (χ1n) is 12.0. The average molecular weight is 484 g/mol. The zero-order valence-corrected chi connectivity index (χ0v) is 21.2. The third-order valence-corrected chi connectivity index (χ3v) is 5.70. The summed E-state index contributed by atoms with van der Waals surface area (Å²) in [5.74, 6) is -0.334. The fourth-order valence-electron chi connectivity index (χ4n) is 3.72. The minimum atomic E-state index is -0.193. The molecule has 7 nitrogen and oxygen atoms in total. The Kier molecular flexibility index (Phi) is 9.00. The molecule has 4 rings (SSSR count). The number of hydrogen-bond donors (Lipinski definition) is 3. The molecule has 7 heteroatoms. The topological polar surface area (TPSA) is 99.8 Å². The molecule has 0 spiro atoms. The lowest BCUT2D eigenvalue weighted by Gasteiger charge is -2.13. The molecule has 186 valence electrons. The van der Waals surface area contributed by atoms with Crippen molar-refractivity contribution in [3.8, 4) is 0 Å². The fourth-order valence-corrected chi connectivity index (χ4v) is 3.72. The summed E-state index contributed by atoms with van der Waals surface area (Å²) in [5.41, 5.74) is 12.4. The number of nitrogens with zero attached hydrogens (tertiary/aromatic N) is 2. The molecule has 3 aromatic rings. The van der Waals surface area contributed by atoms with Crippen LogP contribution < -0.4 is 21.4 Å². The highest BCUT2D eigenvalue weighted by molar-refractivity contribution is 6.29. The van der Waals surface area contributed by atoms with Crippen LogP contribution >= 0.6 is 0 Å². The second-order valence-corrected chi connectivity index (χ2v) is 8.30. The van der Waals surface area contributed by atoms with Gasteiger partial charge in [-0.15, -0.1) is 0 Å². The average Bonchev–Trinajstić information content (AvgIpc) is 3.16. The van der Waals surface area contributed by atoms with Crippen molar-refractivity contribution >= 4 is 40.3 Å². The maximum Gasteiger partial charge on any atom is 0.282 e. The number of amides is 2. The molecule has 0 aromatic heterocycles. The second kappa shape index (κ2) is 12.4. The predicted molar refractivity (Wildman–Crippen MR) is 149 cm³/mol. The highest BCUT2D eigenvalue weighted by Crippen LogP contribution is 2.25. The van der Waals surface area contributed by atoms with E-state index in [9.17, 15) is 9.59 Å². The van der Waals surface area contributed by atoms with Gasteiger partial charge in [0.2, 0.25) is 5.91 Å². The first kappa shape index (κ1) is 26.2. The van der Waals surface area contributed by atoms with Crippen LogP contribution in [-0.2, 0) is 22.4 Å². The van der Waals surface area contributed by atoms with Crippen molar-refractivity contribution in [1.82, 2.24) is 0 Å². The lowest BCUT2D eigenvalue weighted by Crippen LogP contribution is -2.21. The van der Waals surface area contributed by atoms with Crippen LogP contribution in [-0.4, -0.2) is 17.5 Å². The minimum absolute atomic E-state index is 0.141. The van der Waals surface area contributed by atoms with Gasteiger partial charge in [0.1, 0.15) is 0 Å². The van der Waals surface area contributed by atoms with Crippen LogP contribution in [0.2, 0.25) is 0 Å². The molecule has 2 amide bonds. The molecule has 36 heavy (non-hydrogen) atoms. The Morgan fingerprint density at radius 2 is 1.56 bits per heavy atom. The number of benzene rings is 3. The van der Waals surface area contributed by atoms with Crippen LogP contribution in [0.25, 0.3) is 0 Å². The Hall–Kier alpha value is -4.39. The van der Waals surface area contributed by atoms with Crippen LogP contribution in [0.15, 0.2) is 89.7 Å². The summed E-state index contributed by atoms with van der Waals surface area (Å²) in [7, 11) is 0. The maximum absolute atomic E-state index is 12.8. The third kappa shape index (κ3) is 6.60. The van der Waals surface area contributed by atoms with Gasteiger partial charge in [-0.2, -0.15) is 10.1 Å². The number of hydrazone groups is 1. The van der Waals surface area contributed by atoms with Crippen molar-refractivity contribution in [2.24, 2.45) is 5.10 Å². The molecule has 0 saturated carbocycles. The standard InChI is InChI=1S/C21H22N4O2.C8H11N/c1-4-16-7-5-6-8-20(16)22-13-19-14(2)24-25(21(19)27)18-11-9-17(10-12-18)23-15(3)26;1-2-7-5-3-4-6-8(7)9/h5-13,22H,4H2,1-3H3,(H,23,26);3-6H,2,9H2,1H3. The first-order valence-corrected chi connectivity index (χ1v) is 12.0. The summed E-state index contributed by atoms with van der Waals surface area (Å²) in [5, 5.41) is 11.7. The lowest BCUT2D eigenvalue weighted by molar-refractivity contribution is -0.115. The number of nitrogens with one attached hydrogen (secondary N) is 2. The van der Waals surface area contributed by atoms with Gasteiger partial charge in [0.15, 0.2) is 0 Å². The van der Waals surface area contributed by atoms with Gasteiger partial charge in [-0.3, -0.25) is 9.59 Å². The van der Waals surface area contributed by atoms with Crippen molar-refractivity contribution < 1.29 is 9.59 Å². The SMILES string of the molecule is CCc1ccccc1N.CCc1ccccc1NC=C1C(=O)N(c2ccc(NC(C)=O)cc2)N=C1C. The molecule has 0 aliphatic carbocycles. The maximum atomic E-state index is 12.8. The number of nitrogen functional groups attached to an aromatic ring is 1. The number of aryl methyl sites for hydroxylation is 2. The van der Waals surface area contributed by atoms with Gasteiger partial charge in [-0.25, -0.2) is 0 Å². The quantitative estimate of drug-likeness (QED) is 0.307. The zero-order valence-electron chi connectivity index (χ0n) is 21.2. The molecular formula is C29H33N5O2. The van der Waals surface area contributed by atoms with E-state index in [0.717, 1.165) is 24.2 Å². The van der Waals surface area contributed by atoms with E-state index in [1.807, 2.05) is 43.3 Å². The second-order valence-electron chi connectivity index (χ2n) is 8.30. The van der Waals surface area contributed by atoms with E-state index in [0.29, 0.717) is 22.7 Å². The molecule has 1 aliphatic rings. The van der Waals surface area contributed by atoms with Crippen LogP contribution in [0.1, 0.15) is 38.8 Å². The van der Waals surface area contributed by atoms with Gasteiger partial charge in [0.25, 0.3) is 5.91 Å². The number of hydrogen-bond acceptors (Lipinski definition) is 5. The molecule has 0 bridgehead atoms. The van der Waals surface area contributed by atoms with Crippen molar-refractivity contribution in [2.75, 3.05) is 21.4 Å². The number of rotatable bonds is 6. The third-order valence-electron chi connectivity index (χ3n) is 5.70. The normalized spacial score (nSPS) is 13.7. The largest absolute Gasteiger partial charge is 0.399 e. The van der Waals surface area contributed by atoms with Gasteiger partial charge in [0, 0.05) is 30.2 Å². The smallest absolute Gasteiger partial charge is 0.282 e. The summed E-state index contributed by atoms with van der Waals surface area (Å²) >= 11 is 0.